The third kappa shape index (κ3) is 4.67. The van der Waals surface area contributed by atoms with Gasteiger partial charge in [-0.25, -0.2) is 0 Å². The van der Waals surface area contributed by atoms with Gasteiger partial charge in [0.05, 0.1) is 11.1 Å². The van der Waals surface area contributed by atoms with E-state index < -0.39 is 23.5 Å². The highest BCUT2D eigenvalue weighted by molar-refractivity contribution is 8.93. The van der Waals surface area contributed by atoms with Crippen LogP contribution in [0.25, 0.3) is 11.3 Å². The quantitative estimate of drug-likeness (QED) is 0.370. The highest BCUT2D eigenvalue weighted by Gasteiger charge is 2.31. The second-order valence-corrected chi connectivity index (χ2v) is 5.40. The van der Waals surface area contributed by atoms with Gasteiger partial charge in [0.15, 0.2) is 11.3 Å². The summed E-state index contributed by atoms with van der Waals surface area (Å²) < 4.78 is 75.7. The molecule has 0 fully saturated rings. The molecule has 0 bridgehead atoms. The molecule has 0 aliphatic rings. The van der Waals surface area contributed by atoms with E-state index >= 15 is 0 Å². The topological polar surface area (TPSA) is 112 Å². The van der Waals surface area contributed by atoms with E-state index in [9.17, 15) is 26.3 Å². The number of nitrogens with zero attached hydrogens (tertiary/aromatic N) is 6. The van der Waals surface area contributed by atoms with Crippen molar-refractivity contribution in [3.63, 3.8) is 0 Å². The van der Waals surface area contributed by atoms with Gasteiger partial charge in [0.2, 0.25) is 11.9 Å². The van der Waals surface area contributed by atoms with E-state index in [1.165, 1.54) is 12.1 Å². The van der Waals surface area contributed by atoms with Crippen molar-refractivity contribution in [1.29, 1.82) is 0 Å². The van der Waals surface area contributed by atoms with Crippen molar-refractivity contribution in [1.82, 2.24) is 29.2 Å². The summed E-state index contributed by atoms with van der Waals surface area (Å²) in [6, 6.07) is 4.30. The molecule has 15 heteroatoms. The fourth-order valence-corrected chi connectivity index (χ4v) is 2.15. The molecule has 4 heterocycles. The van der Waals surface area contributed by atoms with Crippen LogP contribution in [0.15, 0.2) is 36.7 Å². The van der Waals surface area contributed by atoms with E-state index in [2.05, 4.69) is 20.4 Å². The van der Waals surface area contributed by atoms with Crippen molar-refractivity contribution in [2.24, 2.45) is 0 Å². The molecule has 4 N–H and O–H groups in total. The van der Waals surface area contributed by atoms with E-state index in [1.54, 1.807) is 0 Å². The number of hydrogen-bond donors (Lipinski definition) is 2. The first-order valence-corrected chi connectivity index (χ1v) is 7.32. The lowest BCUT2D eigenvalue weighted by molar-refractivity contribution is -0.138. The predicted molar refractivity (Wildman–Crippen MR) is 95.1 cm³/mol. The molecule has 0 saturated heterocycles. The molecule has 0 saturated carbocycles. The number of hydrogen-bond acceptors (Lipinski definition) is 6. The number of nitrogen functional groups attached to an aromatic ring is 2. The van der Waals surface area contributed by atoms with Crippen LogP contribution in [-0.4, -0.2) is 29.2 Å². The van der Waals surface area contributed by atoms with E-state index in [-0.39, 0.29) is 40.2 Å². The molecule has 4 aromatic rings. The maximum absolute atomic E-state index is 12.3. The van der Waals surface area contributed by atoms with Gasteiger partial charge in [0, 0.05) is 12.4 Å². The van der Waals surface area contributed by atoms with Crippen LogP contribution < -0.4 is 11.5 Å². The van der Waals surface area contributed by atoms with Crippen LogP contribution in [0.3, 0.4) is 0 Å². The van der Waals surface area contributed by atoms with Crippen LogP contribution in [-0.2, 0) is 12.4 Å². The molecule has 0 unspecified atom stereocenters. The molecule has 0 radical (unpaired) electrons. The van der Waals surface area contributed by atoms with E-state index in [0.717, 1.165) is 33.3 Å². The van der Waals surface area contributed by atoms with Gasteiger partial charge < -0.3 is 11.5 Å². The van der Waals surface area contributed by atoms with Gasteiger partial charge in [-0.2, -0.15) is 26.3 Å². The number of fused-ring (bicyclic) bond motifs is 2. The molecule has 156 valence electrons. The van der Waals surface area contributed by atoms with Crippen molar-refractivity contribution in [2.45, 2.75) is 12.4 Å². The fourth-order valence-electron chi connectivity index (χ4n) is 2.15. The lowest BCUT2D eigenvalue weighted by Gasteiger charge is -2.06. The summed E-state index contributed by atoms with van der Waals surface area (Å²) in [5.74, 6) is -0.128. The lowest BCUT2D eigenvalue weighted by atomic mass is 10.3. The Morgan fingerprint density at radius 3 is 1.28 bits per heavy atom. The normalized spacial score (nSPS) is 11.8. The van der Waals surface area contributed by atoms with Gasteiger partial charge in [0.25, 0.3) is 0 Å². The van der Waals surface area contributed by atoms with Crippen molar-refractivity contribution < 1.29 is 26.3 Å². The van der Waals surface area contributed by atoms with Crippen LogP contribution in [0.5, 0.6) is 0 Å². The highest BCUT2D eigenvalue weighted by atomic mass is 79.9. The minimum absolute atomic E-state index is 0. The first-order chi connectivity index (χ1) is 13.0. The van der Waals surface area contributed by atoms with Gasteiger partial charge >= 0.3 is 12.4 Å². The zero-order chi connectivity index (χ0) is 20.7. The molecule has 0 spiro atoms. The summed E-state index contributed by atoms with van der Waals surface area (Å²) in [4.78, 5) is 0. The van der Waals surface area contributed by atoms with Crippen LogP contribution in [0.4, 0.5) is 38.2 Å². The summed E-state index contributed by atoms with van der Waals surface area (Å²) in [7, 11) is 0. The Hall–Kier alpha value is -3.10. The Bertz CT molecular complexity index is 1040. The first kappa shape index (κ1) is 22.2. The SMILES string of the molecule is Br.Nc1nnc2ccc(C(F)(F)F)cn12.Nc1nnc2ccc(C(F)(F)F)cn12. The molecule has 0 aliphatic heterocycles. The number of anilines is 2. The lowest BCUT2D eigenvalue weighted by Crippen LogP contribution is -2.06. The molecular weight excluding hydrogens is 474 g/mol. The molecule has 4 rings (SSSR count). The minimum atomic E-state index is -4.38. The molecule has 0 aromatic carbocycles. The number of rotatable bonds is 0. The summed E-state index contributed by atoms with van der Waals surface area (Å²) in [6.07, 6.45) is -7.04. The van der Waals surface area contributed by atoms with Crippen molar-refractivity contribution >= 4 is 40.2 Å². The standard InChI is InChI=1S/2C7H5F3N4.BrH/c2*8-7(9,10)4-1-2-5-12-13-6(11)14(5)3-4;/h2*1-3H,(H2,11,13);1H. The molecule has 0 aliphatic carbocycles. The molecule has 0 atom stereocenters. The van der Waals surface area contributed by atoms with E-state index in [4.69, 9.17) is 11.5 Å². The third-order valence-corrected chi connectivity index (χ3v) is 3.51. The molecule has 4 aromatic heterocycles. The average molecular weight is 485 g/mol. The van der Waals surface area contributed by atoms with Crippen LogP contribution in [0.1, 0.15) is 11.1 Å². The first-order valence-electron chi connectivity index (χ1n) is 7.32. The Morgan fingerprint density at radius 1 is 0.621 bits per heavy atom. The average Bonchev–Trinajstić information content (AvgIpc) is 3.17. The largest absolute Gasteiger partial charge is 0.417 e. The van der Waals surface area contributed by atoms with Crippen molar-refractivity contribution in [2.75, 3.05) is 11.5 Å². The summed E-state index contributed by atoms with van der Waals surface area (Å²) >= 11 is 0. The van der Waals surface area contributed by atoms with Gasteiger partial charge in [-0.05, 0) is 24.3 Å². The zero-order valence-electron chi connectivity index (χ0n) is 14.0. The van der Waals surface area contributed by atoms with Gasteiger partial charge in [-0.15, -0.1) is 37.4 Å². The fraction of sp³-hybridized carbons (Fsp3) is 0.143. The Balaban J connectivity index is 0.000000200. The Morgan fingerprint density at radius 2 is 0.966 bits per heavy atom. The second kappa shape index (κ2) is 7.73. The number of aromatic nitrogens is 6. The molecule has 0 amide bonds. The minimum Gasteiger partial charge on any atom is -0.368 e. The molecular formula is C14H11BrF6N8. The number of halogens is 7. The summed E-state index contributed by atoms with van der Waals surface area (Å²) in [6.45, 7) is 0. The maximum atomic E-state index is 12.3. The number of nitrogens with two attached hydrogens (primary N) is 2. The summed E-state index contributed by atoms with van der Waals surface area (Å²) in [5.41, 5.74) is 9.63. The van der Waals surface area contributed by atoms with E-state index in [1.807, 2.05) is 0 Å². The third-order valence-electron chi connectivity index (χ3n) is 3.51. The number of alkyl halides is 6. The maximum Gasteiger partial charge on any atom is 0.417 e. The van der Waals surface area contributed by atoms with Gasteiger partial charge in [0.1, 0.15) is 0 Å². The smallest absolute Gasteiger partial charge is 0.368 e. The highest BCUT2D eigenvalue weighted by Crippen LogP contribution is 2.30. The van der Waals surface area contributed by atoms with E-state index in [0.29, 0.717) is 0 Å². The van der Waals surface area contributed by atoms with Crippen LogP contribution in [0, 0.1) is 0 Å². The predicted octanol–water partition coefficient (Wildman–Crippen LogP) is 3.24. The van der Waals surface area contributed by atoms with Crippen molar-refractivity contribution in [3.8, 4) is 0 Å². The second-order valence-electron chi connectivity index (χ2n) is 5.40. The van der Waals surface area contributed by atoms with Crippen LogP contribution >= 0.6 is 17.0 Å². The summed E-state index contributed by atoms with van der Waals surface area (Å²) in [5, 5.41) is 14.0. The molecule has 29 heavy (non-hydrogen) atoms. The monoisotopic (exact) mass is 484 g/mol. The van der Waals surface area contributed by atoms with Crippen molar-refractivity contribution in [3.05, 3.63) is 47.8 Å². The van der Waals surface area contributed by atoms with Crippen LogP contribution in [0.2, 0.25) is 0 Å². The zero-order valence-corrected chi connectivity index (χ0v) is 15.7. The van der Waals surface area contributed by atoms with Gasteiger partial charge in [-0.3, -0.25) is 8.80 Å². The Kier molecular flexibility index (Phi) is 5.91. The molecule has 8 nitrogen and oxygen atoms in total. The number of pyridine rings is 2. The Labute approximate surface area is 167 Å². The van der Waals surface area contributed by atoms with Gasteiger partial charge in [-0.1, -0.05) is 0 Å².